The molecule has 0 radical (unpaired) electrons. The molecule has 99 heavy (non-hydrogen) atoms. The molecule has 0 amide bonds. The number of halogens is 2. The number of aryl methyl sites for hydroxylation is 7. The van der Waals surface area contributed by atoms with Crippen LogP contribution in [0.25, 0.3) is 30.3 Å². The van der Waals surface area contributed by atoms with E-state index < -0.39 is 0 Å². The molecule has 0 unspecified atom stereocenters. The molecule has 0 fully saturated rings. The second kappa shape index (κ2) is 34.5. The van der Waals surface area contributed by atoms with E-state index in [0.29, 0.717) is 76.4 Å². The molecule has 0 atom stereocenters. The summed E-state index contributed by atoms with van der Waals surface area (Å²) in [7, 11) is 0. The lowest BCUT2D eigenvalue weighted by molar-refractivity contribution is 0.103. The average Bonchev–Trinajstić information content (AvgIpc) is 1.65. The number of thiophene rings is 3. The van der Waals surface area contributed by atoms with Crippen molar-refractivity contribution in [2.24, 2.45) is 0 Å². The van der Waals surface area contributed by atoms with Gasteiger partial charge in [-0.25, -0.2) is 4.39 Å². The molecule has 17 heteroatoms. The van der Waals surface area contributed by atoms with Crippen LogP contribution in [0.2, 0.25) is 5.02 Å². The van der Waals surface area contributed by atoms with Crippen molar-refractivity contribution in [3.8, 4) is 51.7 Å². The Morgan fingerprint density at radius 3 is 1.11 bits per heavy atom. The Bertz CT molecular complexity index is 4590. The molecule has 0 aliphatic rings. The number of carbonyl (C=O) groups is 3. The fraction of sp³-hybridized carbons (Fsp3) is 0.232. The number of phenols is 3. The van der Waals surface area contributed by atoms with E-state index in [2.05, 4.69) is 61.0 Å². The highest BCUT2D eigenvalue weighted by molar-refractivity contribution is 7.22. The maximum absolute atomic E-state index is 13.6. The molecular weight excluding hydrogens is 1320 g/mol. The molecular formula is C82H81ClFN3O9S3. The van der Waals surface area contributed by atoms with E-state index in [-0.39, 0.29) is 40.4 Å². The van der Waals surface area contributed by atoms with Gasteiger partial charge in [0.2, 0.25) is 17.3 Å². The van der Waals surface area contributed by atoms with E-state index >= 15 is 0 Å². The van der Waals surface area contributed by atoms with Crippen LogP contribution in [0.3, 0.4) is 0 Å². The summed E-state index contributed by atoms with van der Waals surface area (Å²) in [5.41, 5.74) is 8.81. The van der Waals surface area contributed by atoms with E-state index in [1.165, 1.54) is 68.9 Å². The Hall–Kier alpha value is -9.23. The van der Waals surface area contributed by atoms with Crippen molar-refractivity contribution in [2.75, 3.05) is 39.3 Å². The summed E-state index contributed by atoms with van der Waals surface area (Å²) < 4.78 is 34.7. The highest BCUT2D eigenvalue weighted by Gasteiger charge is 2.27. The topological polar surface area (TPSA) is 176 Å². The fourth-order valence-electron chi connectivity index (χ4n) is 11.4. The lowest BCUT2D eigenvalue weighted by Crippen LogP contribution is -2.14. The highest BCUT2D eigenvalue weighted by atomic mass is 35.5. The van der Waals surface area contributed by atoms with Gasteiger partial charge in [-0.05, 0) is 260 Å². The summed E-state index contributed by atoms with van der Waals surface area (Å²) in [6.07, 6.45) is 6.19. The zero-order chi connectivity index (χ0) is 70.1. The standard InChI is InChI=1S/C28H29NO3S.C27H26ClNO3S.C27H26FNO3S/c1-4-29-15-5-6-20-8-11-22(12-9-20)32-27-24-14-10-21(30)17-25(24)33-28(27)26(31)23-13-7-18(2)16-19(23)3;1-3-29-14-4-5-18-7-11-21(12-8-18)32-26-22-13-10-20(30)16-24(22)33-27(26)25(31)23-15-19(28)9-6-17(23)2;1-3-29-14-4-5-18-6-10-21(11-7-18)32-26-23-13-9-20(30)16-24(23)33-27(26)25(31)22-12-8-19(28)15-17(22)2/h7-14,16-17,29-30H,4-6,15H2,1-3H3;2*6-13,15-16,29-30H,3-5,14H2,1-2H3. The Kier molecular flexibility index (Phi) is 25.3. The molecule has 0 saturated heterocycles. The van der Waals surface area contributed by atoms with Crippen molar-refractivity contribution < 1.29 is 48.3 Å². The fourth-order valence-corrected chi connectivity index (χ4v) is 14.9. The molecule has 510 valence electrons. The van der Waals surface area contributed by atoms with Crippen LogP contribution in [-0.2, 0) is 19.3 Å². The Morgan fingerprint density at radius 1 is 0.404 bits per heavy atom. The summed E-state index contributed by atoms with van der Waals surface area (Å²) in [4.78, 5) is 41.9. The molecule has 6 N–H and O–H groups in total. The lowest BCUT2D eigenvalue weighted by atomic mass is 10.0. The molecule has 3 aromatic heterocycles. The first-order valence-electron chi connectivity index (χ1n) is 33.3. The Balaban J connectivity index is 0.000000161. The van der Waals surface area contributed by atoms with E-state index in [1.807, 2.05) is 99.6 Å². The van der Waals surface area contributed by atoms with Crippen molar-refractivity contribution in [2.45, 2.75) is 87.0 Å². The number of carbonyl (C=O) groups excluding carboxylic acids is 3. The minimum atomic E-state index is -0.382. The minimum Gasteiger partial charge on any atom is -0.508 e. The highest BCUT2D eigenvalue weighted by Crippen LogP contribution is 2.46. The maximum atomic E-state index is 13.6. The minimum absolute atomic E-state index is 0.0664. The van der Waals surface area contributed by atoms with Crippen LogP contribution in [0.1, 0.15) is 125 Å². The van der Waals surface area contributed by atoms with Crippen molar-refractivity contribution in [3.05, 3.63) is 263 Å². The number of nitrogens with one attached hydrogen (secondary N) is 3. The van der Waals surface area contributed by atoms with Crippen LogP contribution < -0.4 is 30.2 Å². The first kappa shape index (κ1) is 72.5. The van der Waals surface area contributed by atoms with Gasteiger partial charge in [0, 0.05) is 52.0 Å². The monoisotopic (exact) mass is 1400 g/mol. The van der Waals surface area contributed by atoms with Crippen LogP contribution in [0, 0.1) is 33.5 Å². The molecule has 9 aromatic carbocycles. The van der Waals surface area contributed by atoms with E-state index in [4.69, 9.17) is 25.8 Å². The van der Waals surface area contributed by atoms with Crippen molar-refractivity contribution in [1.82, 2.24) is 16.0 Å². The molecule has 0 aliphatic carbocycles. The number of fused-ring (bicyclic) bond motifs is 3. The number of hydrogen-bond donors (Lipinski definition) is 6. The maximum Gasteiger partial charge on any atom is 0.207 e. The number of ether oxygens (including phenoxy) is 3. The molecule has 12 nitrogen and oxygen atoms in total. The summed E-state index contributed by atoms with van der Waals surface area (Å²) in [5.74, 6) is 3.07. The molecule has 12 aromatic rings. The van der Waals surface area contributed by atoms with Gasteiger partial charge in [-0.1, -0.05) is 98.6 Å². The number of aromatic hydroxyl groups is 3. The van der Waals surface area contributed by atoms with Gasteiger partial charge in [-0.15, -0.1) is 34.0 Å². The average molecular weight is 1400 g/mol. The van der Waals surface area contributed by atoms with E-state index in [9.17, 15) is 34.1 Å². The van der Waals surface area contributed by atoms with Crippen molar-refractivity contribution >= 4 is 93.2 Å². The SMILES string of the molecule is CCNCCCc1ccc(Oc2c(C(=O)c3cc(Cl)ccc3C)sc3cc(O)ccc23)cc1.CCNCCCc1ccc(Oc2c(C(=O)c3ccc(C)cc3C)sc3cc(O)ccc23)cc1.CCNCCCc1ccc(Oc2c(C(=O)c3ccc(F)cc3C)sc3cc(O)ccc23)cc1. The number of phenolic OH excluding ortho intramolecular Hbond substituents is 3. The predicted molar refractivity (Wildman–Crippen MR) is 404 cm³/mol. The molecule has 0 spiro atoms. The molecule has 12 rings (SSSR count). The summed E-state index contributed by atoms with van der Waals surface area (Å²) in [5, 5.41) is 42.7. The quantitative estimate of drug-likeness (QED) is 0.0213. The second-order valence-corrected chi connectivity index (χ2v) is 27.7. The third-order valence-corrected chi connectivity index (χ3v) is 20.3. The molecule has 0 aliphatic heterocycles. The predicted octanol–water partition coefficient (Wildman–Crippen LogP) is 20.5. The van der Waals surface area contributed by atoms with E-state index in [1.54, 1.807) is 67.6 Å². The molecule has 3 heterocycles. The summed E-state index contributed by atoms with van der Waals surface area (Å²) >= 11 is 10.1. The van der Waals surface area contributed by atoms with Crippen molar-refractivity contribution in [1.29, 1.82) is 0 Å². The second-order valence-electron chi connectivity index (χ2n) is 24.2. The summed E-state index contributed by atoms with van der Waals surface area (Å²) in [6, 6.07) is 54.3. The van der Waals surface area contributed by atoms with Crippen molar-refractivity contribution in [3.63, 3.8) is 0 Å². The van der Waals surface area contributed by atoms with E-state index in [0.717, 1.165) is 125 Å². The zero-order valence-corrected chi connectivity index (χ0v) is 59.8. The number of hydrogen-bond acceptors (Lipinski definition) is 15. The summed E-state index contributed by atoms with van der Waals surface area (Å²) in [6.45, 7) is 19.8. The van der Waals surface area contributed by atoms with Gasteiger partial charge in [0.05, 0.1) is 0 Å². The first-order valence-corrected chi connectivity index (χ1v) is 36.1. The van der Waals surface area contributed by atoms with Gasteiger partial charge in [-0.3, -0.25) is 14.4 Å². The lowest BCUT2D eigenvalue weighted by Gasteiger charge is -2.10. The smallest absolute Gasteiger partial charge is 0.207 e. The zero-order valence-electron chi connectivity index (χ0n) is 56.6. The van der Waals surface area contributed by atoms with Gasteiger partial charge >= 0.3 is 0 Å². The van der Waals surface area contributed by atoms with Gasteiger partial charge in [0.15, 0.2) is 17.2 Å². The third-order valence-electron chi connectivity index (χ3n) is 16.6. The van der Waals surface area contributed by atoms with Crippen LogP contribution in [-0.4, -0.2) is 71.9 Å². The Labute approximate surface area is 594 Å². The van der Waals surface area contributed by atoms with Gasteiger partial charge in [-0.2, -0.15) is 0 Å². The normalized spacial score (nSPS) is 11.1. The number of rotatable bonds is 27. The first-order chi connectivity index (χ1) is 47.9. The largest absolute Gasteiger partial charge is 0.508 e. The van der Waals surface area contributed by atoms with Crippen LogP contribution in [0.15, 0.2) is 182 Å². The molecule has 0 saturated carbocycles. The van der Waals surface area contributed by atoms with Crippen LogP contribution in [0.5, 0.6) is 51.7 Å². The Morgan fingerprint density at radius 2 is 0.758 bits per heavy atom. The third kappa shape index (κ3) is 18.8. The van der Waals surface area contributed by atoms with Gasteiger partial charge in [0.25, 0.3) is 0 Å². The number of benzene rings is 9. The molecule has 0 bridgehead atoms. The van der Waals surface area contributed by atoms with Crippen LogP contribution >= 0.6 is 45.6 Å². The van der Waals surface area contributed by atoms with Gasteiger partial charge < -0.3 is 45.5 Å². The van der Waals surface area contributed by atoms with Gasteiger partial charge in [0.1, 0.15) is 54.9 Å². The number of ketones is 3. The van der Waals surface area contributed by atoms with Crippen LogP contribution in [0.4, 0.5) is 4.39 Å².